The van der Waals surface area contributed by atoms with Crippen LogP contribution in [-0.2, 0) is 49.5 Å². The van der Waals surface area contributed by atoms with E-state index in [0.29, 0.717) is 28.4 Å². The molecule has 0 aliphatic rings. The van der Waals surface area contributed by atoms with Crippen LogP contribution in [0, 0.1) is 0 Å². The molecule has 5 amide bonds. The standard InChI is InChI=1S/C30H35BrN12O5.3ClH.2H3N.Pt/c1-16(31)25(44)36-17-9-22(41(3)12-17)27(46)38-19-11-24(43(5)14-19)29(48)39-20-10-23(42(4)15-20)28(47)37-18-8-21(40(2)13-18)26(45)34-6-7-35-30(32)33;;;;;;/h8-15H,1,6-7H2,2-5H3,(H,34,45)(H,36,44)(H,37,47)(H,38,46)(H,39,48)(H4,32,33,35);3*1H;2*1H3;/q;;;;;;+2/p-2. The number of hydrogen-bond donors (Lipinski definition) is 9. The first-order valence-corrected chi connectivity index (χ1v) is 20.9. The Bertz CT molecular complexity index is 2000. The van der Waals surface area contributed by atoms with E-state index in [9.17, 15) is 24.0 Å². The summed E-state index contributed by atoms with van der Waals surface area (Å²) >= 11 is 2.54. The molecule has 0 fully saturated rings. The van der Waals surface area contributed by atoms with Gasteiger partial charge in [-0.25, -0.2) is 0 Å². The Morgan fingerprint density at radius 3 is 1.28 bits per heavy atom. The Morgan fingerprint density at radius 1 is 0.685 bits per heavy atom. The zero-order valence-corrected chi connectivity index (χ0v) is 35.6. The molecule has 24 heteroatoms. The van der Waals surface area contributed by atoms with Crippen LogP contribution < -0.4 is 50.4 Å². The van der Waals surface area contributed by atoms with Crippen molar-refractivity contribution in [1.29, 1.82) is 0 Å². The fourth-order valence-corrected chi connectivity index (χ4v) is 4.76. The van der Waals surface area contributed by atoms with Crippen molar-refractivity contribution in [2.24, 2.45) is 44.7 Å². The minimum absolute atomic E-state index is 0. The van der Waals surface area contributed by atoms with Crippen molar-refractivity contribution in [3.8, 4) is 0 Å². The van der Waals surface area contributed by atoms with Gasteiger partial charge in [-0.3, -0.25) is 29.0 Å². The van der Waals surface area contributed by atoms with Crippen molar-refractivity contribution in [3.63, 3.8) is 0 Å². The molecule has 4 rings (SSSR count). The second-order valence-electron chi connectivity index (χ2n) is 10.7. The Balaban J connectivity index is 0.00000453. The van der Waals surface area contributed by atoms with E-state index in [1.54, 1.807) is 71.2 Å². The third kappa shape index (κ3) is 13.7. The van der Waals surface area contributed by atoms with Crippen LogP contribution in [0.4, 0.5) is 22.7 Å². The summed E-state index contributed by atoms with van der Waals surface area (Å²) in [6.07, 6.45) is 6.33. The normalized spacial score (nSPS) is 9.83. The van der Waals surface area contributed by atoms with Gasteiger partial charge in [0.2, 0.25) is 0 Å². The topological polar surface area (TPSA) is 300 Å². The van der Waals surface area contributed by atoms with Crippen molar-refractivity contribution in [2.45, 2.75) is 0 Å². The number of aliphatic imine (C=N–C) groups is 1. The molecule has 0 aliphatic heterocycles. The molecule has 4 heterocycles. The third-order valence-electron chi connectivity index (χ3n) is 6.92. The quantitative estimate of drug-likeness (QED) is 0.0431. The Kier molecular flexibility index (Phi) is 20.7. The van der Waals surface area contributed by atoms with Crippen molar-refractivity contribution >= 4 is 105 Å². The maximum absolute atomic E-state index is 13.2. The van der Waals surface area contributed by atoms with E-state index in [2.05, 4.69) is 54.1 Å². The van der Waals surface area contributed by atoms with E-state index >= 15 is 0 Å². The summed E-state index contributed by atoms with van der Waals surface area (Å²) in [6.45, 7) is 3.97. The van der Waals surface area contributed by atoms with Gasteiger partial charge in [-0.1, -0.05) is 6.58 Å². The summed E-state index contributed by atoms with van der Waals surface area (Å²) < 4.78 is 6.35. The zero-order chi connectivity index (χ0) is 38.0. The number of halogens is 4. The average Bonchev–Trinajstić information content (AvgIpc) is 3.80. The molecule has 54 heavy (non-hydrogen) atoms. The molecule has 300 valence electrons. The van der Waals surface area contributed by atoms with Gasteiger partial charge in [-0.05, 0) is 40.2 Å². The summed E-state index contributed by atoms with van der Waals surface area (Å²) in [5, 5.41) is 13.6. The molecule has 15 N–H and O–H groups in total. The molecule has 0 radical (unpaired) electrons. The first-order chi connectivity index (χ1) is 24.0. The van der Waals surface area contributed by atoms with Gasteiger partial charge in [-0.2, -0.15) is 0 Å². The molecular formula is C30H42BrCl3N14O5Pt. The molecule has 19 nitrogen and oxygen atoms in total. The first-order valence-electron chi connectivity index (χ1n) is 14.5. The predicted molar refractivity (Wildman–Crippen MR) is 214 cm³/mol. The number of anilines is 4. The van der Waals surface area contributed by atoms with E-state index in [0.717, 1.165) is 0 Å². The van der Waals surface area contributed by atoms with Crippen LogP contribution in [0.15, 0.2) is 65.1 Å². The fourth-order valence-electron chi connectivity index (χ4n) is 4.66. The van der Waals surface area contributed by atoms with Gasteiger partial charge < -0.3 is 68.6 Å². The summed E-state index contributed by atoms with van der Waals surface area (Å²) in [7, 11) is 16.4. The van der Waals surface area contributed by atoms with Crippen LogP contribution in [0.1, 0.15) is 42.0 Å². The summed E-state index contributed by atoms with van der Waals surface area (Å²) in [5.41, 5.74) is 13.2. The Morgan fingerprint density at radius 2 is 0.981 bits per heavy atom. The van der Waals surface area contributed by atoms with E-state index in [-0.39, 0.29) is 71.2 Å². The van der Waals surface area contributed by atoms with E-state index in [4.69, 9.17) is 30.3 Å². The number of guanidine groups is 1. The molecule has 0 saturated carbocycles. The van der Waals surface area contributed by atoms with Crippen LogP contribution in [0.3, 0.4) is 0 Å². The van der Waals surface area contributed by atoms with Gasteiger partial charge in [0.05, 0.1) is 33.8 Å². The molecule has 0 aliphatic carbocycles. The number of rotatable bonds is 12. The number of hydrogen-bond acceptors (Lipinski definition) is 8. The SMILES string of the molecule is C=C(Br)C(=O)Nc1cc(C(=O)Nc2cc(C(=O)Nc3cc(C(=O)Nc4cc(C(=O)NCCN=C(N)N)n(C)c4)n(C)c3)n(C)c2)n(C)c1.Cl.N.N.[Cl][Pt][Cl]. The number of nitrogens with one attached hydrogen (secondary N) is 5. The second kappa shape index (κ2) is 22.6. The summed E-state index contributed by atoms with van der Waals surface area (Å²) in [6, 6.07) is 6.06. The van der Waals surface area contributed by atoms with Gasteiger partial charge in [-0.15, -0.1) is 12.4 Å². The number of nitrogens with zero attached hydrogens (tertiary/aromatic N) is 5. The van der Waals surface area contributed by atoms with Crippen LogP contribution in [0.5, 0.6) is 0 Å². The number of amides is 5. The summed E-state index contributed by atoms with van der Waals surface area (Å²) in [5.74, 6) is -2.28. The monoisotopic (exact) mass is 1060 g/mol. The Hall–Kier alpha value is -4.56. The maximum atomic E-state index is 13.2. The number of aromatic nitrogens is 4. The number of carbonyl (C=O) groups is 5. The molecular weight excluding hydrogens is 1020 g/mol. The summed E-state index contributed by atoms with van der Waals surface area (Å²) in [4.78, 5) is 67.4. The van der Waals surface area contributed by atoms with Crippen molar-refractivity contribution in [1.82, 2.24) is 35.9 Å². The third-order valence-corrected chi connectivity index (χ3v) is 7.28. The number of aryl methyl sites for hydroxylation is 4. The second-order valence-corrected chi connectivity index (χ2v) is 15.0. The Labute approximate surface area is 341 Å². The van der Waals surface area contributed by atoms with Crippen molar-refractivity contribution in [3.05, 3.63) is 82.9 Å². The van der Waals surface area contributed by atoms with Gasteiger partial charge in [0, 0.05) is 59.5 Å². The van der Waals surface area contributed by atoms with Crippen LogP contribution in [0.25, 0.3) is 0 Å². The van der Waals surface area contributed by atoms with Gasteiger partial charge in [0.1, 0.15) is 22.8 Å². The zero-order valence-electron chi connectivity index (χ0n) is 29.4. The minimum atomic E-state index is -0.479. The van der Waals surface area contributed by atoms with Crippen LogP contribution >= 0.6 is 47.2 Å². The van der Waals surface area contributed by atoms with E-state index in [1.807, 2.05) is 0 Å². The molecule has 4 aromatic heterocycles. The molecule has 0 atom stereocenters. The number of carbonyl (C=O) groups excluding carboxylic acids is 5. The predicted octanol–water partition coefficient (Wildman–Crippen LogP) is 3.77. The molecule has 0 unspecified atom stereocenters. The average molecular weight is 1060 g/mol. The van der Waals surface area contributed by atoms with Gasteiger partial charge >= 0.3 is 35.3 Å². The van der Waals surface area contributed by atoms with E-state index in [1.165, 1.54) is 24.3 Å². The van der Waals surface area contributed by atoms with Gasteiger partial charge in [0.15, 0.2) is 5.96 Å². The van der Waals surface area contributed by atoms with E-state index < -0.39 is 40.1 Å². The van der Waals surface area contributed by atoms with Crippen LogP contribution in [-0.4, -0.2) is 66.9 Å². The van der Waals surface area contributed by atoms with Crippen LogP contribution in [0.2, 0.25) is 0 Å². The number of nitrogens with two attached hydrogens (primary N) is 2. The fraction of sp³-hybridized carbons (Fsp3) is 0.200. The molecule has 4 aromatic rings. The molecule has 0 aromatic carbocycles. The van der Waals surface area contributed by atoms with Gasteiger partial charge in [0.25, 0.3) is 29.5 Å². The van der Waals surface area contributed by atoms with Crippen molar-refractivity contribution < 1.29 is 40.5 Å². The molecule has 0 saturated heterocycles. The molecule has 0 spiro atoms. The molecule has 0 bridgehead atoms. The van der Waals surface area contributed by atoms with Crippen molar-refractivity contribution in [2.75, 3.05) is 34.4 Å². The first kappa shape index (κ1) is 49.4.